The molecule has 0 radical (unpaired) electrons. The van der Waals surface area contributed by atoms with Gasteiger partial charge in [-0.25, -0.2) is 0 Å². The van der Waals surface area contributed by atoms with E-state index in [2.05, 4.69) is 21.5 Å². The second kappa shape index (κ2) is 8.28. The van der Waals surface area contributed by atoms with E-state index in [0.717, 1.165) is 19.3 Å². The summed E-state index contributed by atoms with van der Waals surface area (Å²) in [6, 6.07) is -0.0196. The summed E-state index contributed by atoms with van der Waals surface area (Å²) in [5.41, 5.74) is 5.81. The van der Waals surface area contributed by atoms with E-state index in [1.165, 1.54) is 32.1 Å². The Labute approximate surface area is 133 Å². The molecule has 1 atom stereocenters. The molecular weight excluding hydrogens is 276 g/mol. The molecule has 1 heterocycles. The fraction of sp³-hybridized carbons (Fsp3) is 0.824. The van der Waals surface area contributed by atoms with Gasteiger partial charge in [0.25, 0.3) is 0 Å². The van der Waals surface area contributed by atoms with Gasteiger partial charge in [-0.2, -0.15) is 10.2 Å². The van der Waals surface area contributed by atoms with Crippen molar-refractivity contribution in [2.24, 2.45) is 21.9 Å². The van der Waals surface area contributed by atoms with Crippen LogP contribution in [0.25, 0.3) is 0 Å². The molecule has 3 N–H and O–H groups in total. The highest BCUT2D eigenvalue weighted by Gasteiger charge is 2.38. The first-order valence-electron chi connectivity index (χ1n) is 8.53. The zero-order valence-corrected chi connectivity index (χ0v) is 13.4. The van der Waals surface area contributed by atoms with Crippen LogP contribution in [-0.2, 0) is 4.79 Å². The van der Waals surface area contributed by atoms with Gasteiger partial charge < -0.3 is 11.1 Å². The van der Waals surface area contributed by atoms with E-state index in [4.69, 9.17) is 12.2 Å². The molecule has 5 heteroatoms. The van der Waals surface area contributed by atoms with Crippen LogP contribution in [0.4, 0.5) is 0 Å². The number of amides is 1. The van der Waals surface area contributed by atoms with E-state index in [0.29, 0.717) is 25.3 Å². The molecule has 0 saturated heterocycles. The Morgan fingerprint density at radius 1 is 1.32 bits per heavy atom. The zero-order valence-electron chi connectivity index (χ0n) is 13.4. The topological polar surface area (TPSA) is 79.8 Å². The summed E-state index contributed by atoms with van der Waals surface area (Å²) < 4.78 is 0. The molecule has 2 aliphatic rings. The van der Waals surface area contributed by atoms with Crippen molar-refractivity contribution in [2.75, 3.05) is 6.54 Å². The molecular formula is C17H28N4O. The highest BCUT2D eigenvalue weighted by atomic mass is 16.1. The minimum atomic E-state index is -0.316. The number of rotatable bonds is 9. The molecule has 0 unspecified atom stereocenters. The Morgan fingerprint density at radius 2 is 2.05 bits per heavy atom. The molecule has 0 bridgehead atoms. The Balaban J connectivity index is 1.56. The van der Waals surface area contributed by atoms with E-state index >= 15 is 0 Å². The van der Waals surface area contributed by atoms with Gasteiger partial charge in [0.1, 0.15) is 0 Å². The molecule has 0 aromatic carbocycles. The van der Waals surface area contributed by atoms with Gasteiger partial charge in [0, 0.05) is 38.3 Å². The molecule has 1 saturated carbocycles. The Hall–Kier alpha value is -1.41. The molecule has 0 aromatic rings. The van der Waals surface area contributed by atoms with Gasteiger partial charge >= 0.3 is 0 Å². The molecule has 1 aliphatic carbocycles. The van der Waals surface area contributed by atoms with E-state index in [9.17, 15) is 4.79 Å². The maximum atomic E-state index is 11.9. The van der Waals surface area contributed by atoms with Crippen LogP contribution in [0.1, 0.15) is 64.2 Å². The number of hydrogen-bond acceptors (Lipinski definition) is 4. The quantitative estimate of drug-likeness (QED) is 0.642. The predicted molar refractivity (Wildman–Crippen MR) is 87.1 cm³/mol. The van der Waals surface area contributed by atoms with Crippen LogP contribution in [0.2, 0.25) is 0 Å². The number of nitrogens with two attached hydrogens (primary N) is 1. The lowest BCUT2D eigenvalue weighted by Crippen LogP contribution is -2.35. The second-order valence-electron chi connectivity index (χ2n) is 6.69. The highest BCUT2D eigenvalue weighted by Crippen LogP contribution is 2.36. The Morgan fingerprint density at radius 3 is 2.68 bits per heavy atom. The number of nitrogens with zero attached hydrogens (tertiary/aromatic N) is 2. The Bertz CT molecular complexity index is 428. The SMILES string of the molecule is C#CCCC1(CCNC(=O)C[C@H](N)CC2CCCCC2)N=N1. The molecule has 1 amide bonds. The molecule has 1 aliphatic heterocycles. The Kier molecular flexibility index (Phi) is 6.38. The van der Waals surface area contributed by atoms with Crippen LogP contribution in [0.15, 0.2) is 10.2 Å². The molecule has 5 nitrogen and oxygen atoms in total. The van der Waals surface area contributed by atoms with Crippen molar-refractivity contribution in [1.29, 1.82) is 0 Å². The fourth-order valence-electron chi connectivity index (χ4n) is 3.31. The minimum absolute atomic E-state index is 0.0196. The molecule has 122 valence electrons. The fourth-order valence-corrected chi connectivity index (χ4v) is 3.31. The monoisotopic (exact) mass is 304 g/mol. The first-order valence-corrected chi connectivity index (χ1v) is 8.53. The average Bonchev–Trinajstić information content (AvgIpc) is 3.26. The highest BCUT2D eigenvalue weighted by molar-refractivity contribution is 5.76. The van der Waals surface area contributed by atoms with Crippen molar-refractivity contribution in [3.63, 3.8) is 0 Å². The van der Waals surface area contributed by atoms with E-state index in [1.54, 1.807) is 0 Å². The van der Waals surface area contributed by atoms with Crippen LogP contribution in [0, 0.1) is 18.3 Å². The first-order chi connectivity index (χ1) is 10.6. The minimum Gasteiger partial charge on any atom is -0.356 e. The smallest absolute Gasteiger partial charge is 0.221 e. The summed E-state index contributed by atoms with van der Waals surface area (Å²) in [6.07, 6.45) is 15.4. The van der Waals surface area contributed by atoms with Gasteiger partial charge in [-0.15, -0.1) is 12.3 Å². The summed E-state index contributed by atoms with van der Waals surface area (Å²) in [5.74, 6) is 3.36. The summed E-state index contributed by atoms with van der Waals surface area (Å²) in [6.45, 7) is 0.590. The molecule has 0 spiro atoms. The van der Waals surface area contributed by atoms with Crippen molar-refractivity contribution < 1.29 is 4.79 Å². The van der Waals surface area contributed by atoms with Crippen LogP contribution >= 0.6 is 0 Å². The number of carbonyl (C=O) groups excluding carboxylic acids is 1. The molecule has 2 rings (SSSR count). The van der Waals surface area contributed by atoms with Crippen molar-refractivity contribution in [3.05, 3.63) is 0 Å². The lowest BCUT2D eigenvalue weighted by atomic mass is 9.84. The van der Waals surface area contributed by atoms with Crippen molar-refractivity contribution in [3.8, 4) is 12.3 Å². The number of hydrogen-bond donors (Lipinski definition) is 2. The van der Waals surface area contributed by atoms with Crippen molar-refractivity contribution in [2.45, 2.75) is 75.9 Å². The zero-order chi connectivity index (χ0) is 15.8. The number of nitrogens with one attached hydrogen (secondary N) is 1. The van der Waals surface area contributed by atoms with Gasteiger partial charge in [-0.3, -0.25) is 4.79 Å². The van der Waals surface area contributed by atoms with E-state index < -0.39 is 0 Å². The summed E-state index contributed by atoms with van der Waals surface area (Å²) in [5, 5.41) is 11.1. The van der Waals surface area contributed by atoms with Gasteiger partial charge in [0.05, 0.1) is 0 Å². The molecule has 22 heavy (non-hydrogen) atoms. The third-order valence-corrected chi connectivity index (χ3v) is 4.71. The summed E-state index contributed by atoms with van der Waals surface area (Å²) in [7, 11) is 0. The third-order valence-electron chi connectivity index (χ3n) is 4.71. The van der Waals surface area contributed by atoms with Crippen LogP contribution in [0.5, 0.6) is 0 Å². The summed E-state index contributed by atoms with van der Waals surface area (Å²) in [4.78, 5) is 11.9. The average molecular weight is 304 g/mol. The third kappa shape index (κ3) is 5.76. The normalized spacial score (nSPS) is 21.1. The van der Waals surface area contributed by atoms with Crippen LogP contribution in [-0.4, -0.2) is 24.2 Å². The van der Waals surface area contributed by atoms with Gasteiger partial charge in [0.15, 0.2) is 5.66 Å². The van der Waals surface area contributed by atoms with Crippen molar-refractivity contribution >= 4 is 5.91 Å². The van der Waals surface area contributed by atoms with Gasteiger partial charge in [0.2, 0.25) is 5.91 Å². The lowest BCUT2D eigenvalue weighted by molar-refractivity contribution is -0.121. The summed E-state index contributed by atoms with van der Waals surface area (Å²) >= 11 is 0. The van der Waals surface area contributed by atoms with Crippen LogP contribution in [0.3, 0.4) is 0 Å². The molecule has 1 fully saturated rings. The standard InChI is InChI=1S/C17H28N4O/c1-2-3-9-17(20-21-17)10-11-19-16(22)13-15(18)12-14-7-5-4-6-8-14/h1,14-15H,3-13,18H2,(H,19,22)/t15-/m1/s1. The lowest BCUT2D eigenvalue weighted by Gasteiger charge is -2.24. The molecule has 0 aromatic heterocycles. The van der Waals surface area contributed by atoms with Crippen molar-refractivity contribution in [1.82, 2.24) is 5.32 Å². The number of terminal acetylenes is 1. The maximum absolute atomic E-state index is 11.9. The van der Waals surface area contributed by atoms with Gasteiger partial charge in [-0.05, 0) is 12.3 Å². The maximum Gasteiger partial charge on any atom is 0.221 e. The van der Waals surface area contributed by atoms with Crippen LogP contribution < -0.4 is 11.1 Å². The van der Waals surface area contributed by atoms with E-state index in [-0.39, 0.29) is 17.6 Å². The van der Waals surface area contributed by atoms with Gasteiger partial charge in [-0.1, -0.05) is 32.1 Å². The first kappa shape index (κ1) is 17.0. The second-order valence-corrected chi connectivity index (χ2v) is 6.69. The predicted octanol–water partition coefficient (Wildman–Crippen LogP) is 2.76. The largest absolute Gasteiger partial charge is 0.356 e. The number of carbonyl (C=O) groups is 1. The van der Waals surface area contributed by atoms with E-state index in [1.807, 2.05) is 0 Å².